The van der Waals surface area contributed by atoms with Gasteiger partial charge in [0, 0.05) is 25.5 Å². The third-order valence-corrected chi connectivity index (χ3v) is 3.25. The predicted octanol–water partition coefficient (Wildman–Crippen LogP) is 2.09. The molecule has 0 spiro atoms. The molecule has 0 heterocycles. The first-order valence-electron chi connectivity index (χ1n) is 7.09. The number of carbonyl (C=O) groups excluding carboxylic acids is 2. The number of esters is 1. The van der Waals surface area contributed by atoms with Crippen LogP contribution in [-0.2, 0) is 20.9 Å². The topological polar surface area (TPSA) is 75.6 Å². The number of carbonyl (C=O) groups is 2. The molecule has 0 aliphatic carbocycles. The first-order chi connectivity index (χ1) is 11.5. The molecule has 0 aromatic heterocycles. The van der Waals surface area contributed by atoms with Crippen molar-refractivity contribution in [2.75, 3.05) is 6.61 Å². The SMILES string of the molecule is CC(=O)OCCC(C)(O)CC(=O)NCc1c(F)c(F)c(F)c(F)c1F. The van der Waals surface area contributed by atoms with Crippen LogP contribution in [0.5, 0.6) is 0 Å². The summed E-state index contributed by atoms with van der Waals surface area (Å²) in [6.45, 7) is 1.30. The van der Waals surface area contributed by atoms with Crippen molar-refractivity contribution in [3.8, 4) is 0 Å². The third kappa shape index (κ3) is 5.66. The Hall–Kier alpha value is -2.23. The highest BCUT2D eigenvalue weighted by Crippen LogP contribution is 2.23. The summed E-state index contributed by atoms with van der Waals surface area (Å²) in [5.74, 6) is -12.1. The van der Waals surface area contributed by atoms with Gasteiger partial charge in [-0.3, -0.25) is 9.59 Å². The largest absolute Gasteiger partial charge is 0.466 e. The fourth-order valence-electron chi connectivity index (χ4n) is 1.90. The van der Waals surface area contributed by atoms with Gasteiger partial charge in [-0.15, -0.1) is 0 Å². The van der Waals surface area contributed by atoms with Crippen LogP contribution in [-0.4, -0.2) is 29.2 Å². The van der Waals surface area contributed by atoms with Gasteiger partial charge in [-0.25, -0.2) is 22.0 Å². The first-order valence-corrected chi connectivity index (χ1v) is 7.09. The highest BCUT2D eigenvalue weighted by Gasteiger charge is 2.27. The van der Waals surface area contributed by atoms with Gasteiger partial charge in [0.1, 0.15) is 0 Å². The van der Waals surface area contributed by atoms with Crippen LogP contribution in [0.25, 0.3) is 0 Å². The van der Waals surface area contributed by atoms with Crippen LogP contribution >= 0.6 is 0 Å². The summed E-state index contributed by atoms with van der Waals surface area (Å²) in [5.41, 5.74) is -2.79. The Morgan fingerprint density at radius 3 is 2.00 bits per heavy atom. The van der Waals surface area contributed by atoms with Crippen molar-refractivity contribution in [2.45, 2.75) is 38.8 Å². The van der Waals surface area contributed by atoms with E-state index in [1.807, 2.05) is 5.32 Å². The molecule has 1 rings (SSSR count). The molecule has 1 atom stereocenters. The molecule has 1 aromatic rings. The van der Waals surface area contributed by atoms with Crippen LogP contribution in [0.4, 0.5) is 22.0 Å². The number of hydrogen-bond donors (Lipinski definition) is 2. The maximum absolute atomic E-state index is 13.5. The Kier molecular flexibility index (Phi) is 6.86. The molecule has 0 fully saturated rings. The molecule has 0 saturated heterocycles. The van der Waals surface area contributed by atoms with Gasteiger partial charge in [0.05, 0.1) is 18.6 Å². The first kappa shape index (κ1) is 20.8. The molecule has 1 aromatic carbocycles. The van der Waals surface area contributed by atoms with Crippen LogP contribution in [0.2, 0.25) is 0 Å². The summed E-state index contributed by atoms with van der Waals surface area (Å²) in [5, 5.41) is 11.9. The Bertz CT molecular complexity index is 649. The van der Waals surface area contributed by atoms with Crippen molar-refractivity contribution >= 4 is 11.9 Å². The Morgan fingerprint density at radius 1 is 1.04 bits per heavy atom. The van der Waals surface area contributed by atoms with Crippen LogP contribution in [0.1, 0.15) is 32.3 Å². The number of amides is 1. The third-order valence-electron chi connectivity index (χ3n) is 3.25. The monoisotopic (exact) mass is 369 g/mol. The average Bonchev–Trinajstić information content (AvgIpc) is 2.49. The number of benzene rings is 1. The van der Waals surface area contributed by atoms with Crippen LogP contribution in [0.15, 0.2) is 0 Å². The van der Waals surface area contributed by atoms with Crippen molar-refractivity contribution < 1.29 is 41.4 Å². The highest BCUT2D eigenvalue weighted by atomic mass is 19.2. The van der Waals surface area contributed by atoms with E-state index in [9.17, 15) is 36.6 Å². The molecular weight excluding hydrogens is 353 g/mol. The summed E-state index contributed by atoms with van der Waals surface area (Å²) in [6.07, 6.45) is -0.633. The molecule has 25 heavy (non-hydrogen) atoms. The maximum atomic E-state index is 13.5. The second-order valence-electron chi connectivity index (χ2n) is 5.59. The molecule has 10 heteroatoms. The lowest BCUT2D eigenvalue weighted by Gasteiger charge is -2.22. The molecule has 5 nitrogen and oxygen atoms in total. The van der Waals surface area contributed by atoms with Gasteiger partial charge in [0.2, 0.25) is 11.7 Å². The number of nitrogens with one attached hydrogen (secondary N) is 1. The summed E-state index contributed by atoms with van der Waals surface area (Å²) in [7, 11) is 0. The molecule has 0 radical (unpaired) electrons. The van der Waals surface area contributed by atoms with E-state index in [0.29, 0.717) is 0 Å². The van der Waals surface area contributed by atoms with E-state index < -0.39 is 65.1 Å². The fraction of sp³-hybridized carbons (Fsp3) is 0.467. The van der Waals surface area contributed by atoms with Crippen LogP contribution < -0.4 is 5.32 Å². The number of halogens is 5. The second kappa shape index (κ2) is 8.24. The zero-order chi connectivity index (χ0) is 19.4. The average molecular weight is 369 g/mol. The van der Waals surface area contributed by atoms with Crippen molar-refractivity contribution in [3.05, 3.63) is 34.6 Å². The van der Waals surface area contributed by atoms with E-state index in [0.717, 1.165) is 6.92 Å². The van der Waals surface area contributed by atoms with Gasteiger partial charge < -0.3 is 15.2 Å². The lowest BCUT2D eigenvalue weighted by atomic mass is 9.98. The van der Waals surface area contributed by atoms with Crippen molar-refractivity contribution in [2.24, 2.45) is 0 Å². The minimum absolute atomic E-state index is 0.0947. The van der Waals surface area contributed by atoms with Gasteiger partial charge in [-0.2, -0.15) is 0 Å². The standard InChI is InChI=1S/C15H16F5NO4/c1-7(22)25-4-3-15(2,24)5-9(23)21-6-8-10(16)12(18)14(20)13(19)11(8)17/h24H,3-6H2,1-2H3,(H,21,23). The molecule has 0 saturated carbocycles. The molecule has 0 aliphatic heterocycles. The Labute approximate surface area is 139 Å². The van der Waals surface area contributed by atoms with Gasteiger partial charge in [0.15, 0.2) is 23.3 Å². The van der Waals surface area contributed by atoms with Crippen LogP contribution in [0.3, 0.4) is 0 Å². The van der Waals surface area contributed by atoms with E-state index >= 15 is 0 Å². The lowest BCUT2D eigenvalue weighted by molar-refractivity contribution is -0.142. The quantitative estimate of drug-likeness (QED) is 0.334. The van der Waals surface area contributed by atoms with Gasteiger partial charge in [0.25, 0.3) is 0 Å². The van der Waals surface area contributed by atoms with Gasteiger partial charge in [-0.1, -0.05) is 0 Å². The van der Waals surface area contributed by atoms with Crippen molar-refractivity contribution in [1.29, 1.82) is 0 Å². The maximum Gasteiger partial charge on any atom is 0.302 e. The van der Waals surface area contributed by atoms with E-state index in [2.05, 4.69) is 4.74 Å². The van der Waals surface area contributed by atoms with Crippen molar-refractivity contribution in [3.63, 3.8) is 0 Å². The molecule has 0 bridgehead atoms. The molecule has 1 unspecified atom stereocenters. The van der Waals surface area contributed by atoms with E-state index in [1.54, 1.807) is 0 Å². The second-order valence-corrected chi connectivity index (χ2v) is 5.59. The molecule has 1 amide bonds. The number of rotatable bonds is 7. The summed E-state index contributed by atoms with van der Waals surface area (Å²) < 4.78 is 70.5. The fourth-order valence-corrected chi connectivity index (χ4v) is 1.90. The summed E-state index contributed by atoms with van der Waals surface area (Å²) in [6, 6.07) is 0. The zero-order valence-corrected chi connectivity index (χ0v) is 13.4. The van der Waals surface area contributed by atoms with Crippen LogP contribution in [0, 0.1) is 29.1 Å². The summed E-state index contributed by atoms with van der Waals surface area (Å²) >= 11 is 0. The number of aliphatic hydroxyl groups is 1. The minimum Gasteiger partial charge on any atom is -0.466 e. The Balaban J connectivity index is 2.70. The highest BCUT2D eigenvalue weighted by molar-refractivity contribution is 5.77. The normalized spacial score (nSPS) is 13.3. The summed E-state index contributed by atoms with van der Waals surface area (Å²) in [4.78, 5) is 22.3. The van der Waals surface area contributed by atoms with Gasteiger partial charge >= 0.3 is 5.97 Å². The predicted molar refractivity (Wildman–Crippen MR) is 74.6 cm³/mol. The van der Waals surface area contributed by atoms with E-state index in [1.165, 1.54) is 6.92 Å². The van der Waals surface area contributed by atoms with Gasteiger partial charge in [-0.05, 0) is 6.92 Å². The Morgan fingerprint density at radius 2 is 1.52 bits per heavy atom. The molecular formula is C15H16F5NO4. The van der Waals surface area contributed by atoms with E-state index in [4.69, 9.17) is 0 Å². The number of ether oxygens (including phenoxy) is 1. The molecule has 140 valence electrons. The smallest absolute Gasteiger partial charge is 0.302 e. The molecule has 2 N–H and O–H groups in total. The van der Waals surface area contributed by atoms with E-state index in [-0.39, 0.29) is 13.0 Å². The van der Waals surface area contributed by atoms with Crippen molar-refractivity contribution in [1.82, 2.24) is 5.32 Å². The lowest BCUT2D eigenvalue weighted by Crippen LogP contribution is -2.35. The molecule has 0 aliphatic rings. The number of hydrogen-bond acceptors (Lipinski definition) is 4. The zero-order valence-electron chi connectivity index (χ0n) is 13.4. The minimum atomic E-state index is -2.29.